The van der Waals surface area contributed by atoms with Crippen molar-refractivity contribution in [1.29, 1.82) is 0 Å². The van der Waals surface area contributed by atoms with E-state index in [4.69, 9.17) is 15.2 Å². The Hall–Kier alpha value is -2.56. The predicted molar refractivity (Wildman–Crippen MR) is 124 cm³/mol. The number of guanidine groups is 1. The van der Waals surface area contributed by atoms with Crippen LogP contribution in [0, 0.1) is 0 Å². The van der Waals surface area contributed by atoms with Gasteiger partial charge in [-0.25, -0.2) is 4.99 Å². The van der Waals surface area contributed by atoms with Crippen molar-refractivity contribution in [3.8, 4) is 11.5 Å². The second kappa shape index (κ2) is 12.8. The molecule has 0 aliphatic heterocycles. The Morgan fingerprint density at radius 1 is 1.21 bits per heavy atom. The normalized spacial score (nSPS) is 10.7. The Morgan fingerprint density at radius 3 is 2.62 bits per heavy atom. The van der Waals surface area contributed by atoms with Crippen LogP contribution < -0.4 is 20.5 Å². The molecule has 1 amide bonds. The Morgan fingerprint density at radius 2 is 1.97 bits per heavy atom. The van der Waals surface area contributed by atoms with Gasteiger partial charge in [-0.1, -0.05) is 12.1 Å². The number of aliphatic imine (C=N–C) groups is 1. The molecule has 158 valence electrons. The number of carbonyl (C=O) groups is 1. The Bertz CT molecular complexity index is 802. The molecule has 0 unspecified atom stereocenters. The predicted octanol–water partition coefficient (Wildman–Crippen LogP) is 1.82. The van der Waals surface area contributed by atoms with Gasteiger partial charge in [0.15, 0.2) is 17.5 Å². The SMILES string of the molecule is COc1ccc(CN=C(N)NCC(=O)N(C)CCc2ccccn2)cc1OC.I. The van der Waals surface area contributed by atoms with Crippen LogP contribution in [-0.4, -0.2) is 56.1 Å². The minimum Gasteiger partial charge on any atom is -0.493 e. The summed E-state index contributed by atoms with van der Waals surface area (Å²) in [6, 6.07) is 11.3. The van der Waals surface area contributed by atoms with E-state index in [2.05, 4.69) is 15.3 Å². The van der Waals surface area contributed by atoms with Crippen LogP contribution in [0.25, 0.3) is 0 Å². The van der Waals surface area contributed by atoms with Gasteiger partial charge in [-0.15, -0.1) is 24.0 Å². The number of amides is 1. The van der Waals surface area contributed by atoms with Crippen LogP contribution in [0.5, 0.6) is 11.5 Å². The summed E-state index contributed by atoms with van der Waals surface area (Å²) >= 11 is 0. The molecule has 0 aliphatic carbocycles. The molecule has 29 heavy (non-hydrogen) atoms. The lowest BCUT2D eigenvalue weighted by atomic mass is 10.2. The summed E-state index contributed by atoms with van der Waals surface area (Å²) in [5, 5.41) is 2.85. The van der Waals surface area contributed by atoms with Crippen molar-refractivity contribution in [2.24, 2.45) is 10.7 Å². The second-order valence-corrected chi connectivity index (χ2v) is 6.13. The van der Waals surface area contributed by atoms with Crippen molar-refractivity contribution in [1.82, 2.24) is 15.2 Å². The van der Waals surface area contributed by atoms with E-state index in [0.717, 1.165) is 11.3 Å². The molecule has 0 saturated carbocycles. The first kappa shape index (κ1) is 24.5. The molecule has 0 bridgehead atoms. The van der Waals surface area contributed by atoms with E-state index in [1.54, 1.807) is 32.4 Å². The topological polar surface area (TPSA) is 102 Å². The Labute approximate surface area is 188 Å². The van der Waals surface area contributed by atoms with Gasteiger partial charge < -0.3 is 25.4 Å². The van der Waals surface area contributed by atoms with E-state index in [9.17, 15) is 4.79 Å². The summed E-state index contributed by atoms with van der Waals surface area (Å²) in [5.74, 6) is 1.42. The molecule has 0 atom stereocenters. The average molecular weight is 513 g/mol. The van der Waals surface area contributed by atoms with Crippen molar-refractivity contribution in [2.45, 2.75) is 13.0 Å². The van der Waals surface area contributed by atoms with Crippen LogP contribution in [0.15, 0.2) is 47.6 Å². The number of halogens is 1. The van der Waals surface area contributed by atoms with Gasteiger partial charge in [-0.05, 0) is 29.8 Å². The van der Waals surface area contributed by atoms with Gasteiger partial charge >= 0.3 is 0 Å². The molecule has 2 rings (SSSR count). The Kier molecular flexibility index (Phi) is 10.8. The van der Waals surface area contributed by atoms with Crippen molar-refractivity contribution < 1.29 is 14.3 Å². The molecular weight excluding hydrogens is 485 g/mol. The molecule has 2 aromatic rings. The number of hydrogen-bond acceptors (Lipinski definition) is 5. The zero-order chi connectivity index (χ0) is 20.4. The van der Waals surface area contributed by atoms with Crippen LogP contribution in [0.3, 0.4) is 0 Å². The summed E-state index contributed by atoms with van der Waals surface area (Å²) < 4.78 is 10.5. The third-order valence-electron chi connectivity index (χ3n) is 4.16. The lowest BCUT2D eigenvalue weighted by Gasteiger charge is -2.17. The summed E-state index contributed by atoms with van der Waals surface area (Å²) in [5.41, 5.74) is 7.73. The average Bonchev–Trinajstić information content (AvgIpc) is 2.74. The maximum atomic E-state index is 12.2. The third-order valence-corrected chi connectivity index (χ3v) is 4.16. The van der Waals surface area contributed by atoms with Crippen LogP contribution in [-0.2, 0) is 17.8 Å². The number of nitrogens with zero attached hydrogens (tertiary/aromatic N) is 3. The minimum atomic E-state index is -0.0693. The highest BCUT2D eigenvalue weighted by Gasteiger charge is 2.09. The van der Waals surface area contributed by atoms with Gasteiger partial charge in [0.2, 0.25) is 5.91 Å². The number of nitrogens with one attached hydrogen (secondary N) is 1. The summed E-state index contributed by atoms with van der Waals surface area (Å²) in [4.78, 5) is 22.3. The molecule has 0 saturated heterocycles. The van der Waals surface area contributed by atoms with Crippen LogP contribution >= 0.6 is 24.0 Å². The van der Waals surface area contributed by atoms with Gasteiger partial charge in [-0.3, -0.25) is 9.78 Å². The maximum absolute atomic E-state index is 12.2. The fourth-order valence-corrected chi connectivity index (χ4v) is 2.47. The molecule has 9 heteroatoms. The second-order valence-electron chi connectivity index (χ2n) is 6.13. The molecule has 3 N–H and O–H groups in total. The van der Waals surface area contributed by atoms with Crippen LogP contribution in [0.4, 0.5) is 0 Å². The number of pyridine rings is 1. The van der Waals surface area contributed by atoms with E-state index < -0.39 is 0 Å². The van der Waals surface area contributed by atoms with Crippen molar-refractivity contribution >= 4 is 35.8 Å². The highest BCUT2D eigenvalue weighted by molar-refractivity contribution is 14.0. The first-order chi connectivity index (χ1) is 13.5. The summed E-state index contributed by atoms with van der Waals surface area (Å²) in [7, 11) is 4.92. The smallest absolute Gasteiger partial charge is 0.241 e. The van der Waals surface area contributed by atoms with Gasteiger partial charge in [-0.2, -0.15) is 0 Å². The number of ether oxygens (including phenoxy) is 2. The van der Waals surface area contributed by atoms with Crippen LogP contribution in [0.2, 0.25) is 0 Å². The summed E-state index contributed by atoms with van der Waals surface area (Å²) in [6.07, 6.45) is 2.44. The Balaban J connectivity index is 0.00000420. The number of likely N-dealkylation sites (N-methyl/N-ethyl adjacent to an activating group) is 1. The third kappa shape index (κ3) is 8.14. The van der Waals surface area contributed by atoms with E-state index in [1.807, 2.05) is 36.4 Å². The van der Waals surface area contributed by atoms with Gasteiger partial charge in [0.1, 0.15) is 0 Å². The zero-order valence-electron chi connectivity index (χ0n) is 16.9. The standard InChI is InChI=1S/C20H27N5O3.HI/c1-25(11-9-16-6-4-5-10-22-16)19(26)14-24-20(21)23-13-15-7-8-17(27-2)18(12-15)28-3;/h4-8,10,12H,9,11,13-14H2,1-3H3,(H3,21,23,24);1H. The van der Waals surface area contributed by atoms with E-state index in [0.29, 0.717) is 31.0 Å². The maximum Gasteiger partial charge on any atom is 0.241 e. The number of aromatic nitrogens is 1. The van der Waals surface area contributed by atoms with Gasteiger partial charge in [0.25, 0.3) is 0 Å². The number of methoxy groups -OCH3 is 2. The number of rotatable bonds is 9. The monoisotopic (exact) mass is 513 g/mol. The van der Waals surface area contributed by atoms with E-state index >= 15 is 0 Å². The van der Waals surface area contributed by atoms with Gasteiger partial charge in [0, 0.05) is 31.9 Å². The fraction of sp³-hybridized carbons (Fsp3) is 0.350. The first-order valence-corrected chi connectivity index (χ1v) is 8.92. The number of nitrogens with two attached hydrogens (primary N) is 1. The zero-order valence-corrected chi connectivity index (χ0v) is 19.3. The molecule has 0 fully saturated rings. The van der Waals surface area contributed by atoms with Crippen molar-refractivity contribution in [3.63, 3.8) is 0 Å². The fourth-order valence-electron chi connectivity index (χ4n) is 2.47. The first-order valence-electron chi connectivity index (χ1n) is 8.92. The van der Waals surface area contributed by atoms with E-state index in [1.165, 1.54) is 0 Å². The molecule has 1 aromatic heterocycles. The lowest BCUT2D eigenvalue weighted by molar-refractivity contribution is -0.128. The molecule has 1 aromatic carbocycles. The quantitative estimate of drug-likeness (QED) is 0.302. The van der Waals surface area contributed by atoms with Crippen molar-refractivity contribution in [2.75, 3.05) is 34.4 Å². The molecule has 0 spiro atoms. The number of hydrogen-bond donors (Lipinski definition) is 2. The summed E-state index contributed by atoms with van der Waals surface area (Å²) in [6.45, 7) is 1.03. The highest BCUT2D eigenvalue weighted by atomic mass is 127. The van der Waals surface area contributed by atoms with Crippen molar-refractivity contribution in [3.05, 3.63) is 53.9 Å². The molecule has 8 nitrogen and oxygen atoms in total. The van der Waals surface area contributed by atoms with Crippen LogP contribution in [0.1, 0.15) is 11.3 Å². The number of benzene rings is 1. The molecule has 0 aliphatic rings. The molecule has 1 heterocycles. The molecule has 0 radical (unpaired) electrons. The lowest BCUT2D eigenvalue weighted by Crippen LogP contribution is -2.41. The van der Waals surface area contributed by atoms with E-state index in [-0.39, 0.29) is 42.4 Å². The number of carbonyl (C=O) groups excluding carboxylic acids is 1. The van der Waals surface area contributed by atoms with Gasteiger partial charge in [0.05, 0.1) is 27.3 Å². The highest BCUT2D eigenvalue weighted by Crippen LogP contribution is 2.27. The minimum absolute atomic E-state index is 0. The largest absolute Gasteiger partial charge is 0.493 e. The molecular formula is C20H28IN5O3.